The Labute approximate surface area is 109 Å². The first kappa shape index (κ1) is 12.9. The molecular formula is C14H13NO4. The molecule has 2 aromatic rings. The molecule has 0 radical (unpaired) electrons. The summed E-state index contributed by atoms with van der Waals surface area (Å²) in [7, 11) is 3.20. The Hall–Kier alpha value is -2.56. The topological polar surface area (TPSA) is 68.5 Å². The summed E-state index contributed by atoms with van der Waals surface area (Å²) in [4.78, 5) is 22.6. The van der Waals surface area contributed by atoms with Crippen LogP contribution in [0.1, 0.15) is 5.56 Å². The Balaban J connectivity index is 2.68. The second kappa shape index (κ2) is 4.97. The zero-order valence-corrected chi connectivity index (χ0v) is 10.6. The number of aromatic nitrogens is 1. The molecule has 0 aliphatic carbocycles. The fraction of sp³-hybridized carbons (Fsp3) is 0.143. The summed E-state index contributed by atoms with van der Waals surface area (Å²) in [5, 5.41) is 9.45. The molecule has 0 bridgehead atoms. The van der Waals surface area contributed by atoms with Gasteiger partial charge >= 0.3 is 5.97 Å². The van der Waals surface area contributed by atoms with Crippen LogP contribution in [0, 0.1) is 0 Å². The van der Waals surface area contributed by atoms with Crippen molar-refractivity contribution < 1.29 is 14.6 Å². The van der Waals surface area contributed by atoms with Gasteiger partial charge in [0.25, 0.3) is 5.56 Å². The van der Waals surface area contributed by atoms with Crippen molar-refractivity contribution in [1.29, 1.82) is 0 Å². The van der Waals surface area contributed by atoms with Crippen molar-refractivity contribution in [3.8, 4) is 5.75 Å². The van der Waals surface area contributed by atoms with Crippen molar-refractivity contribution in [2.75, 3.05) is 7.11 Å². The molecule has 5 heteroatoms. The minimum atomic E-state index is -1.09. The third kappa shape index (κ3) is 2.49. The van der Waals surface area contributed by atoms with Gasteiger partial charge in [0.15, 0.2) is 0 Å². The standard InChI is InChI=1S/C14H13NO4/c1-15-12-8-11(19-2)5-3-9(12)7-10(14(15)18)4-6-13(16)17/h3-8H,1-2H3,(H,16,17). The Morgan fingerprint density at radius 3 is 2.74 bits per heavy atom. The van der Waals surface area contributed by atoms with E-state index in [4.69, 9.17) is 9.84 Å². The second-order valence-corrected chi connectivity index (χ2v) is 4.06. The van der Waals surface area contributed by atoms with E-state index in [1.54, 1.807) is 32.4 Å². The molecule has 1 N–H and O–H groups in total. The van der Waals surface area contributed by atoms with Gasteiger partial charge in [0.2, 0.25) is 0 Å². The molecule has 0 saturated carbocycles. The van der Waals surface area contributed by atoms with Crippen molar-refractivity contribution >= 4 is 22.9 Å². The maximum atomic E-state index is 12.1. The van der Waals surface area contributed by atoms with E-state index in [-0.39, 0.29) is 5.56 Å². The van der Waals surface area contributed by atoms with E-state index in [2.05, 4.69) is 0 Å². The molecule has 0 aliphatic heterocycles. The number of rotatable bonds is 3. The highest BCUT2D eigenvalue weighted by molar-refractivity contribution is 5.87. The fourth-order valence-corrected chi connectivity index (χ4v) is 1.88. The van der Waals surface area contributed by atoms with E-state index in [9.17, 15) is 9.59 Å². The highest BCUT2D eigenvalue weighted by Gasteiger charge is 2.06. The van der Waals surface area contributed by atoms with Gasteiger partial charge in [-0.1, -0.05) is 0 Å². The molecule has 1 heterocycles. The fourth-order valence-electron chi connectivity index (χ4n) is 1.88. The van der Waals surface area contributed by atoms with Crippen molar-refractivity contribution in [3.05, 3.63) is 46.3 Å². The van der Waals surface area contributed by atoms with Crippen LogP contribution in [0.15, 0.2) is 35.1 Å². The molecule has 0 spiro atoms. The lowest BCUT2D eigenvalue weighted by Gasteiger charge is -2.08. The summed E-state index contributed by atoms with van der Waals surface area (Å²) >= 11 is 0. The van der Waals surface area contributed by atoms with E-state index < -0.39 is 5.97 Å². The number of pyridine rings is 1. The van der Waals surface area contributed by atoms with Gasteiger partial charge in [0.1, 0.15) is 5.75 Å². The van der Waals surface area contributed by atoms with Gasteiger partial charge < -0.3 is 14.4 Å². The molecule has 1 aromatic carbocycles. The molecule has 1 aromatic heterocycles. The molecule has 98 valence electrons. The summed E-state index contributed by atoms with van der Waals surface area (Å²) in [6, 6.07) is 7.04. The maximum absolute atomic E-state index is 12.1. The van der Waals surface area contributed by atoms with E-state index in [0.29, 0.717) is 11.3 Å². The molecule has 0 saturated heterocycles. The van der Waals surface area contributed by atoms with E-state index >= 15 is 0 Å². The first-order chi connectivity index (χ1) is 9.02. The van der Waals surface area contributed by atoms with Crippen molar-refractivity contribution in [1.82, 2.24) is 4.57 Å². The monoisotopic (exact) mass is 259 g/mol. The lowest BCUT2D eigenvalue weighted by atomic mass is 10.1. The average Bonchev–Trinajstić information content (AvgIpc) is 2.40. The molecule has 0 aliphatic rings. The van der Waals surface area contributed by atoms with Crippen LogP contribution < -0.4 is 10.3 Å². The Morgan fingerprint density at radius 2 is 2.11 bits per heavy atom. The number of aryl methyl sites for hydroxylation is 1. The van der Waals surface area contributed by atoms with Crippen LogP contribution >= 0.6 is 0 Å². The van der Waals surface area contributed by atoms with Gasteiger partial charge in [-0.25, -0.2) is 4.79 Å². The zero-order chi connectivity index (χ0) is 14.0. The number of hydrogen-bond acceptors (Lipinski definition) is 3. The largest absolute Gasteiger partial charge is 0.497 e. The van der Waals surface area contributed by atoms with Crippen molar-refractivity contribution in [3.63, 3.8) is 0 Å². The molecular weight excluding hydrogens is 246 g/mol. The van der Waals surface area contributed by atoms with E-state index in [0.717, 1.165) is 17.0 Å². The number of nitrogens with zero attached hydrogens (tertiary/aromatic N) is 1. The van der Waals surface area contributed by atoms with Gasteiger partial charge in [-0.15, -0.1) is 0 Å². The highest BCUT2D eigenvalue weighted by atomic mass is 16.5. The number of hydrogen-bond donors (Lipinski definition) is 1. The number of fused-ring (bicyclic) bond motifs is 1. The van der Waals surface area contributed by atoms with Gasteiger partial charge in [-0.3, -0.25) is 4.79 Å². The number of aliphatic carboxylic acids is 1. The molecule has 0 unspecified atom stereocenters. The number of benzene rings is 1. The van der Waals surface area contributed by atoms with E-state index in [1.807, 2.05) is 6.07 Å². The van der Waals surface area contributed by atoms with Gasteiger partial charge in [0, 0.05) is 24.8 Å². The van der Waals surface area contributed by atoms with Crippen LogP contribution in [-0.2, 0) is 11.8 Å². The molecule has 2 rings (SSSR count). The number of methoxy groups -OCH3 is 1. The molecule has 0 atom stereocenters. The predicted molar refractivity (Wildman–Crippen MR) is 72.4 cm³/mol. The van der Waals surface area contributed by atoms with E-state index in [1.165, 1.54) is 10.6 Å². The highest BCUT2D eigenvalue weighted by Crippen LogP contribution is 2.20. The number of carbonyl (C=O) groups is 1. The summed E-state index contributed by atoms with van der Waals surface area (Å²) in [6.07, 6.45) is 2.25. The van der Waals surface area contributed by atoms with Crippen LogP contribution in [-0.4, -0.2) is 22.8 Å². The van der Waals surface area contributed by atoms with Crippen LogP contribution in [0.2, 0.25) is 0 Å². The lowest BCUT2D eigenvalue weighted by Crippen LogP contribution is -2.19. The van der Waals surface area contributed by atoms with Crippen molar-refractivity contribution in [2.45, 2.75) is 0 Å². The molecule has 5 nitrogen and oxygen atoms in total. The van der Waals surface area contributed by atoms with Gasteiger partial charge in [0.05, 0.1) is 12.6 Å². The average molecular weight is 259 g/mol. The quantitative estimate of drug-likeness (QED) is 0.851. The van der Waals surface area contributed by atoms with Crippen LogP contribution in [0.3, 0.4) is 0 Å². The number of carboxylic acid groups (broad SMARTS) is 1. The third-order valence-electron chi connectivity index (χ3n) is 2.87. The van der Waals surface area contributed by atoms with Crippen LogP contribution in [0.5, 0.6) is 5.75 Å². The third-order valence-corrected chi connectivity index (χ3v) is 2.87. The lowest BCUT2D eigenvalue weighted by molar-refractivity contribution is -0.131. The maximum Gasteiger partial charge on any atom is 0.328 e. The van der Waals surface area contributed by atoms with Crippen LogP contribution in [0.4, 0.5) is 0 Å². The zero-order valence-electron chi connectivity index (χ0n) is 10.6. The first-order valence-electron chi connectivity index (χ1n) is 5.61. The predicted octanol–water partition coefficient (Wildman–Crippen LogP) is 1.64. The molecule has 0 fully saturated rings. The smallest absolute Gasteiger partial charge is 0.328 e. The van der Waals surface area contributed by atoms with Crippen LogP contribution in [0.25, 0.3) is 17.0 Å². The van der Waals surface area contributed by atoms with Gasteiger partial charge in [-0.05, 0) is 29.7 Å². The van der Waals surface area contributed by atoms with Crippen molar-refractivity contribution in [2.24, 2.45) is 7.05 Å². The summed E-state index contributed by atoms with van der Waals surface area (Å²) < 4.78 is 6.59. The first-order valence-corrected chi connectivity index (χ1v) is 5.61. The Bertz CT molecular complexity index is 728. The molecule has 19 heavy (non-hydrogen) atoms. The summed E-state index contributed by atoms with van der Waals surface area (Å²) in [5.41, 5.74) is 0.817. The molecule has 0 amide bonds. The SMILES string of the molecule is COc1ccc2cc(C=CC(=O)O)c(=O)n(C)c2c1. The summed E-state index contributed by atoms with van der Waals surface area (Å²) in [5.74, 6) is -0.423. The minimum absolute atomic E-state index is 0.252. The Morgan fingerprint density at radius 1 is 1.37 bits per heavy atom. The normalized spacial score (nSPS) is 11.1. The minimum Gasteiger partial charge on any atom is -0.497 e. The van der Waals surface area contributed by atoms with Gasteiger partial charge in [-0.2, -0.15) is 0 Å². The Kier molecular flexibility index (Phi) is 3.37. The number of ether oxygens (including phenoxy) is 1. The second-order valence-electron chi connectivity index (χ2n) is 4.06. The number of carboxylic acids is 1. The summed E-state index contributed by atoms with van der Waals surface area (Å²) in [6.45, 7) is 0.